The summed E-state index contributed by atoms with van der Waals surface area (Å²) in [5, 5.41) is 6.69. The Hall–Kier alpha value is -2.01. The number of morpholine rings is 1. The molecule has 0 bridgehead atoms. The average Bonchev–Trinajstić information content (AvgIpc) is 3.49. The van der Waals surface area contributed by atoms with Crippen LogP contribution in [0.5, 0.6) is 0 Å². The first-order valence-electron chi connectivity index (χ1n) is 11.1. The topological polar surface area (TPSA) is 53.0 Å². The van der Waals surface area contributed by atoms with Crippen LogP contribution in [0, 0.1) is 0 Å². The lowest BCUT2D eigenvalue weighted by Crippen LogP contribution is -2.50. The SMILES string of the molecule is CN=C(NCc1csc(-c2ccccc2)n1)N1CC2OCCN(Cc3ccccc3)C2C1.I. The van der Waals surface area contributed by atoms with Gasteiger partial charge in [0.15, 0.2) is 5.96 Å². The van der Waals surface area contributed by atoms with Crippen molar-refractivity contribution in [3.8, 4) is 10.6 Å². The second-order valence-electron chi connectivity index (χ2n) is 8.25. The first-order valence-corrected chi connectivity index (χ1v) is 12.0. The van der Waals surface area contributed by atoms with Crippen LogP contribution in [-0.2, 0) is 17.8 Å². The van der Waals surface area contributed by atoms with Gasteiger partial charge in [0.25, 0.3) is 0 Å². The van der Waals surface area contributed by atoms with Crippen molar-refractivity contribution < 1.29 is 4.74 Å². The second kappa shape index (κ2) is 11.4. The highest BCUT2D eigenvalue weighted by atomic mass is 127. The van der Waals surface area contributed by atoms with Gasteiger partial charge in [0.2, 0.25) is 0 Å². The van der Waals surface area contributed by atoms with Crippen molar-refractivity contribution in [1.29, 1.82) is 0 Å². The number of hydrogen-bond donors (Lipinski definition) is 1. The molecule has 3 aromatic rings. The molecule has 0 amide bonds. The third-order valence-electron chi connectivity index (χ3n) is 6.16. The normalized spacial score (nSPS) is 20.9. The van der Waals surface area contributed by atoms with Gasteiger partial charge in [-0.25, -0.2) is 4.98 Å². The molecule has 1 N–H and O–H groups in total. The number of thiazole rings is 1. The fraction of sp³-hybridized carbons (Fsp3) is 0.360. The maximum absolute atomic E-state index is 6.13. The molecule has 0 spiro atoms. The van der Waals surface area contributed by atoms with Crippen LogP contribution in [-0.4, -0.2) is 66.2 Å². The van der Waals surface area contributed by atoms with E-state index >= 15 is 0 Å². The van der Waals surface area contributed by atoms with Gasteiger partial charge in [0.1, 0.15) is 5.01 Å². The molecular formula is C25H30IN5OS. The van der Waals surface area contributed by atoms with Crippen LogP contribution in [0.15, 0.2) is 71.0 Å². The largest absolute Gasteiger partial charge is 0.373 e. The Morgan fingerprint density at radius 2 is 1.88 bits per heavy atom. The van der Waals surface area contributed by atoms with E-state index in [1.54, 1.807) is 11.3 Å². The van der Waals surface area contributed by atoms with Gasteiger partial charge < -0.3 is 15.0 Å². The molecule has 6 nitrogen and oxygen atoms in total. The molecule has 5 rings (SSSR count). The summed E-state index contributed by atoms with van der Waals surface area (Å²) in [6.45, 7) is 5.17. The van der Waals surface area contributed by atoms with Crippen molar-refractivity contribution in [1.82, 2.24) is 20.1 Å². The van der Waals surface area contributed by atoms with E-state index in [1.807, 2.05) is 25.2 Å². The number of hydrogen-bond acceptors (Lipinski definition) is 5. The first-order chi connectivity index (χ1) is 15.8. The number of likely N-dealkylation sites (tertiary alicyclic amines) is 1. The molecule has 2 aliphatic rings. The molecule has 0 saturated carbocycles. The summed E-state index contributed by atoms with van der Waals surface area (Å²) in [5.41, 5.74) is 3.55. The average molecular weight is 576 g/mol. The number of halogens is 1. The van der Waals surface area contributed by atoms with Crippen LogP contribution in [0.25, 0.3) is 10.6 Å². The van der Waals surface area contributed by atoms with Crippen molar-refractivity contribution >= 4 is 41.3 Å². The van der Waals surface area contributed by atoms with Gasteiger partial charge in [0, 0.05) is 44.2 Å². The Morgan fingerprint density at radius 1 is 1.12 bits per heavy atom. The second-order valence-corrected chi connectivity index (χ2v) is 9.11. The van der Waals surface area contributed by atoms with Crippen molar-refractivity contribution in [2.24, 2.45) is 4.99 Å². The molecule has 0 radical (unpaired) electrons. The lowest BCUT2D eigenvalue weighted by Gasteiger charge is -2.36. The Labute approximate surface area is 216 Å². The minimum absolute atomic E-state index is 0. The summed E-state index contributed by atoms with van der Waals surface area (Å²) < 4.78 is 6.13. The maximum atomic E-state index is 6.13. The zero-order chi connectivity index (χ0) is 21.8. The van der Waals surface area contributed by atoms with E-state index in [9.17, 15) is 0 Å². The predicted octanol–water partition coefficient (Wildman–Crippen LogP) is 4.09. The number of guanidine groups is 1. The lowest BCUT2D eigenvalue weighted by molar-refractivity contribution is -0.0502. The van der Waals surface area contributed by atoms with Gasteiger partial charge in [-0.15, -0.1) is 35.3 Å². The number of aromatic nitrogens is 1. The first kappa shape index (κ1) is 24.1. The number of nitrogens with zero attached hydrogens (tertiary/aromatic N) is 4. The summed E-state index contributed by atoms with van der Waals surface area (Å²) in [6, 6.07) is 21.4. The molecule has 2 atom stereocenters. The van der Waals surface area contributed by atoms with Gasteiger partial charge in [-0.2, -0.15) is 0 Å². The van der Waals surface area contributed by atoms with Gasteiger partial charge >= 0.3 is 0 Å². The Bertz CT molecular complexity index is 1050. The van der Waals surface area contributed by atoms with Crippen molar-refractivity contribution in [2.45, 2.75) is 25.2 Å². The minimum Gasteiger partial charge on any atom is -0.373 e. The lowest BCUT2D eigenvalue weighted by atomic mass is 10.1. The highest BCUT2D eigenvalue weighted by molar-refractivity contribution is 14.0. The summed E-state index contributed by atoms with van der Waals surface area (Å²) in [5.74, 6) is 0.914. The molecular weight excluding hydrogens is 545 g/mol. The summed E-state index contributed by atoms with van der Waals surface area (Å²) in [7, 11) is 1.85. The number of aliphatic imine (C=N–C) groups is 1. The molecule has 0 aliphatic carbocycles. The molecule has 8 heteroatoms. The number of nitrogens with one attached hydrogen (secondary N) is 1. The van der Waals surface area contributed by atoms with E-state index in [2.05, 4.69) is 68.0 Å². The van der Waals surface area contributed by atoms with Gasteiger partial charge in [-0.3, -0.25) is 9.89 Å². The smallest absolute Gasteiger partial charge is 0.194 e. The van der Waals surface area contributed by atoms with E-state index in [-0.39, 0.29) is 30.1 Å². The van der Waals surface area contributed by atoms with Crippen LogP contribution in [0.1, 0.15) is 11.3 Å². The van der Waals surface area contributed by atoms with E-state index < -0.39 is 0 Å². The van der Waals surface area contributed by atoms with Crippen LogP contribution in [0.2, 0.25) is 0 Å². The molecule has 174 valence electrons. The molecule has 1 aromatic heterocycles. The summed E-state index contributed by atoms with van der Waals surface area (Å²) >= 11 is 1.68. The summed E-state index contributed by atoms with van der Waals surface area (Å²) in [6.07, 6.45) is 0.218. The Balaban J connectivity index is 0.00000259. The highest BCUT2D eigenvalue weighted by Gasteiger charge is 2.41. The summed E-state index contributed by atoms with van der Waals surface area (Å²) in [4.78, 5) is 14.2. The number of benzene rings is 2. The Kier molecular flexibility index (Phi) is 8.34. The fourth-order valence-corrected chi connectivity index (χ4v) is 5.37. The van der Waals surface area contributed by atoms with Crippen LogP contribution in [0.3, 0.4) is 0 Å². The molecule has 2 saturated heterocycles. The van der Waals surface area contributed by atoms with Gasteiger partial charge in [-0.1, -0.05) is 60.7 Å². The van der Waals surface area contributed by atoms with Gasteiger partial charge in [0.05, 0.1) is 31.0 Å². The van der Waals surface area contributed by atoms with Crippen LogP contribution >= 0.6 is 35.3 Å². The van der Waals surface area contributed by atoms with Gasteiger partial charge in [-0.05, 0) is 5.56 Å². The van der Waals surface area contributed by atoms with E-state index in [0.717, 1.165) is 55.0 Å². The highest BCUT2D eigenvalue weighted by Crippen LogP contribution is 2.25. The third-order valence-corrected chi connectivity index (χ3v) is 7.10. The minimum atomic E-state index is 0. The molecule has 2 unspecified atom stereocenters. The van der Waals surface area contributed by atoms with E-state index in [4.69, 9.17) is 9.72 Å². The molecule has 2 fully saturated rings. The molecule has 2 aliphatic heterocycles. The number of rotatable bonds is 5. The zero-order valence-corrected chi connectivity index (χ0v) is 21.9. The third kappa shape index (κ3) is 5.74. The van der Waals surface area contributed by atoms with Crippen LogP contribution in [0.4, 0.5) is 0 Å². The van der Waals surface area contributed by atoms with Crippen molar-refractivity contribution in [3.05, 3.63) is 77.3 Å². The fourth-order valence-electron chi connectivity index (χ4n) is 4.55. The van der Waals surface area contributed by atoms with Crippen LogP contribution < -0.4 is 5.32 Å². The maximum Gasteiger partial charge on any atom is 0.194 e. The standard InChI is InChI=1S/C25H29N5OS.HI/c1-26-25(27-14-21-18-32-24(28-21)20-10-6-3-7-11-20)30-16-22-23(17-30)31-13-12-29(22)15-19-8-4-2-5-9-19;/h2-11,18,22-23H,12-17H2,1H3,(H,26,27);1H. The van der Waals surface area contributed by atoms with E-state index in [1.165, 1.54) is 5.56 Å². The quantitative estimate of drug-likeness (QED) is 0.282. The zero-order valence-electron chi connectivity index (χ0n) is 18.8. The number of fused-ring (bicyclic) bond motifs is 1. The molecule has 2 aromatic carbocycles. The van der Waals surface area contributed by atoms with Crippen molar-refractivity contribution in [3.63, 3.8) is 0 Å². The monoisotopic (exact) mass is 575 g/mol. The van der Waals surface area contributed by atoms with Crippen molar-refractivity contribution in [2.75, 3.05) is 33.3 Å². The van der Waals surface area contributed by atoms with E-state index in [0.29, 0.717) is 12.6 Å². The molecule has 3 heterocycles. The molecule has 33 heavy (non-hydrogen) atoms. The predicted molar refractivity (Wildman–Crippen MR) is 145 cm³/mol. The number of ether oxygens (including phenoxy) is 1. The Morgan fingerprint density at radius 3 is 2.64 bits per heavy atom.